The number of hydrogen-bond donors (Lipinski definition) is 0. The van der Waals surface area contributed by atoms with Gasteiger partial charge in [0.25, 0.3) is 5.91 Å². The van der Waals surface area contributed by atoms with E-state index in [2.05, 4.69) is 14.9 Å². The Morgan fingerprint density at radius 1 is 1.00 bits per heavy atom. The van der Waals surface area contributed by atoms with Gasteiger partial charge >= 0.3 is 0 Å². The van der Waals surface area contributed by atoms with Crippen LogP contribution in [0.25, 0.3) is 0 Å². The second kappa shape index (κ2) is 6.64. The number of anilines is 2. The second-order valence-electron chi connectivity index (χ2n) is 5.74. The predicted octanol–water partition coefficient (Wildman–Crippen LogP) is 1.50. The molecule has 1 saturated heterocycles. The van der Waals surface area contributed by atoms with E-state index in [1.165, 1.54) is 0 Å². The van der Waals surface area contributed by atoms with Crippen molar-refractivity contribution in [3.05, 3.63) is 48.3 Å². The SMILES string of the molecule is CN(C)c1ncccc1C(=O)N1CCN(c2ccccn2)CC1. The molecular weight excluding hydrogens is 290 g/mol. The summed E-state index contributed by atoms with van der Waals surface area (Å²) in [6, 6.07) is 9.55. The summed E-state index contributed by atoms with van der Waals surface area (Å²) in [6.45, 7) is 2.97. The summed E-state index contributed by atoms with van der Waals surface area (Å²) in [7, 11) is 3.80. The molecule has 1 aliphatic rings. The van der Waals surface area contributed by atoms with E-state index in [0.29, 0.717) is 24.5 Å². The molecular formula is C17H21N5O. The highest BCUT2D eigenvalue weighted by Crippen LogP contribution is 2.19. The van der Waals surface area contributed by atoms with Crippen molar-refractivity contribution in [3.8, 4) is 0 Å². The van der Waals surface area contributed by atoms with Gasteiger partial charge in [0, 0.05) is 52.7 Å². The standard InChI is InChI=1S/C17H21N5O/c1-20(2)16-14(6-5-9-19-16)17(23)22-12-10-21(11-13-22)15-7-3-4-8-18-15/h3-9H,10-13H2,1-2H3. The van der Waals surface area contributed by atoms with Crippen LogP contribution in [0.4, 0.5) is 11.6 Å². The van der Waals surface area contributed by atoms with Gasteiger partial charge in [-0.2, -0.15) is 0 Å². The number of carbonyl (C=O) groups excluding carboxylic acids is 1. The monoisotopic (exact) mass is 311 g/mol. The fourth-order valence-electron chi connectivity index (χ4n) is 2.77. The van der Waals surface area contributed by atoms with E-state index in [0.717, 1.165) is 18.9 Å². The molecule has 0 aliphatic carbocycles. The van der Waals surface area contributed by atoms with Gasteiger partial charge in [0.1, 0.15) is 11.6 Å². The molecule has 6 heteroatoms. The lowest BCUT2D eigenvalue weighted by Gasteiger charge is -2.35. The molecule has 23 heavy (non-hydrogen) atoms. The first kappa shape index (κ1) is 15.3. The largest absolute Gasteiger partial charge is 0.362 e. The molecule has 6 nitrogen and oxygen atoms in total. The number of rotatable bonds is 3. The highest BCUT2D eigenvalue weighted by Gasteiger charge is 2.25. The zero-order chi connectivity index (χ0) is 16.2. The average Bonchev–Trinajstić information content (AvgIpc) is 2.62. The van der Waals surface area contributed by atoms with Crippen molar-refractivity contribution in [3.63, 3.8) is 0 Å². The fourth-order valence-corrected chi connectivity index (χ4v) is 2.77. The van der Waals surface area contributed by atoms with E-state index in [1.807, 2.05) is 54.2 Å². The first-order chi connectivity index (χ1) is 11.2. The molecule has 0 aromatic carbocycles. The third-order valence-electron chi connectivity index (χ3n) is 3.98. The number of pyridine rings is 2. The number of hydrogen-bond acceptors (Lipinski definition) is 5. The molecule has 0 radical (unpaired) electrons. The quantitative estimate of drug-likeness (QED) is 0.860. The van der Waals surface area contributed by atoms with E-state index >= 15 is 0 Å². The summed E-state index contributed by atoms with van der Waals surface area (Å²) in [5, 5.41) is 0. The maximum Gasteiger partial charge on any atom is 0.257 e. The van der Waals surface area contributed by atoms with Crippen molar-refractivity contribution in [2.45, 2.75) is 0 Å². The van der Waals surface area contributed by atoms with E-state index in [9.17, 15) is 4.79 Å². The Morgan fingerprint density at radius 2 is 1.74 bits per heavy atom. The third kappa shape index (κ3) is 3.26. The minimum Gasteiger partial charge on any atom is -0.362 e. The number of carbonyl (C=O) groups is 1. The topological polar surface area (TPSA) is 52.6 Å². The van der Waals surface area contributed by atoms with E-state index in [-0.39, 0.29) is 5.91 Å². The summed E-state index contributed by atoms with van der Waals surface area (Å²) in [5.41, 5.74) is 0.656. The van der Waals surface area contributed by atoms with Crippen LogP contribution in [0, 0.1) is 0 Å². The van der Waals surface area contributed by atoms with Gasteiger partial charge in [0.05, 0.1) is 5.56 Å². The van der Waals surface area contributed by atoms with Crippen LogP contribution in [0.2, 0.25) is 0 Å². The van der Waals surface area contributed by atoms with E-state index in [4.69, 9.17) is 0 Å². The zero-order valence-corrected chi connectivity index (χ0v) is 13.5. The molecule has 1 amide bonds. The maximum absolute atomic E-state index is 12.8. The fraction of sp³-hybridized carbons (Fsp3) is 0.353. The van der Waals surface area contributed by atoms with Gasteiger partial charge in [0.15, 0.2) is 0 Å². The first-order valence-corrected chi connectivity index (χ1v) is 7.74. The van der Waals surface area contributed by atoms with E-state index < -0.39 is 0 Å². The third-order valence-corrected chi connectivity index (χ3v) is 3.98. The molecule has 1 aliphatic heterocycles. The van der Waals surface area contributed by atoms with Crippen LogP contribution in [-0.2, 0) is 0 Å². The molecule has 3 heterocycles. The van der Waals surface area contributed by atoms with E-state index in [1.54, 1.807) is 12.4 Å². The summed E-state index contributed by atoms with van der Waals surface area (Å²) in [5.74, 6) is 1.72. The summed E-state index contributed by atoms with van der Waals surface area (Å²) >= 11 is 0. The summed E-state index contributed by atoms with van der Waals surface area (Å²) < 4.78 is 0. The highest BCUT2D eigenvalue weighted by atomic mass is 16.2. The molecule has 3 rings (SSSR count). The van der Waals surface area contributed by atoms with Gasteiger partial charge in [0.2, 0.25) is 0 Å². The molecule has 2 aromatic rings. The Kier molecular flexibility index (Phi) is 4.41. The van der Waals surface area contributed by atoms with Crippen LogP contribution in [0.1, 0.15) is 10.4 Å². The first-order valence-electron chi connectivity index (χ1n) is 7.74. The van der Waals surface area contributed by atoms with Crippen molar-refractivity contribution >= 4 is 17.5 Å². The Bertz CT molecular complexity index is 666. The molecule has 0 N–H and O–H groups in total. The molecule has 0 saturated carbocycles. The number of aromatic nitrogens is 2. The van der Waals surface area contributed by atoms with Crippen LogP contribution >= 0.6 is 0 Å². The van der Waals surface area contributed by atoms with Crippen molar-refractivity contribution in [1.82, 2.24) is 14.9 Å². The number of piperazine rings is 1. The lowest BCUT2D eigenvalue weighted by atomic mass is 10.2. The Morgan fingerprint density at radius 3 is 2.39 bits per heavy atom. The van der Waals surface area contributed by atoms with Crippen LogP contribution in [0.5, 0.6) is 0 Å². The van der Waals surface area contributed by atoms with Gasteiger partial charge in [-0.25, -0.2) is 9.97 Å². The van der Waals surface area contributed by atoms with Crippen molar-refractivity contribution in [1.29, 1.82) is 0 Å². The van der Waals surface area contributed by atoms with Gasteiger partial charge in [-0.1, -0.05) is 6.07 Å². The van der Waals surface area contributed by atoms with Crippen LogP contribution in [-0.4, -0.2) is 61.0 Å². The zero-order valence-electron chi connectivity index (χ0n) is 13.5. The van der Waals surface area contributed by atoms with Crippen LogP contribution in [0.3, 0.4) is 0 Å². The lowest BCUT2D eigenvalue weighted by molar-refractivity contribution is 0.0747. The Balaban J connectivity index is 1.69. The Hall–Kier alpha value is -2.63. The van der Waals surface area contributed by atoms with Crippen molar-refractivity contribution in [2.75, 3.05) is 50.1 Å². The molecule has 0 bridgehead atoms. The molecule has 1 fully saturated rings. The van der Waals surface area contributed by atoms with Crippen molar-refractivity contribution in [2.24, 2.45) is 0 Å². The molecule has 120 valence electrons. The van der Waals surface area contributed by atoms with Crippen LogP contribution in [0.15, 0.2) is 42.7 Å². The van der Waals surface area contributed by atoms with Gasteiger partial charge in [-0.15, -0.1) is 0 Å². The predicted molar refractivity (Wildman–Crippen MR) is 90.9 cm³/mol. The van der Waals surface area contributed by atoms with Gasteiger partial charge < -0.3 is 14.7 Å². The van der Waals surface area contributed by atoms with Gasteiger partial charge in [-0.3, -0.25) is 4.79 Å². The summed E-state index contributed by atoms with van der Waals surface area (Å²) in [6.07, 6.45) is 3.51. The molecule has 0 spiro atoms. The number of amides is 1. The van der Waals surface area contributed by atoms with Crippen molar-refractivity contribution < 1.29 is 4.79 Å². The minimum atomic E-state index is 0.0440. The Labute approximate surface area is 136 Å². The smallest absolute Gasteiger partial charge is 0.257 e. The average molecular weight is 311 g/mol. The summed E-state index contributed by atoms with van der Waals surface area (Å²) in [4.78, 5) is 27.5. The van der Waals surface area contributed by atoms with Gasteiger partial charge in [-0.05, 0) is 24.3 Å². The van der Waals surface area contributed by atoms with Crippen LogP contribution < -0.4 is 9.80 Å². The maximum atomic E-state index is 12.8. The molecule has 2 aromatic heterocycles. The second-order valence-corrected chi connectivity index (χ2v) is 5.74. The molecule has 0 unspecified atom stereocenters. The minimum absolute atomic E-state index is 0.0440. The molecule has 0 atom stereocenters. The lowest BCUT2D eigenvalue weighted by Crippen LogP contribution is -2.49. The normalized spacial score (nSPS) is 14.7. The number of nitrogens with zero attached hydrogens (tertiary/aromatic N) is 5. The highest BCUT2D eigenvalue weighted by molar-refractivity contribution is 5.99.